The van der Waals surface area contributed by atoms with Crippen LogP contribution in [0, 0.1) is 0 Å². The number of methoxy groups -OCH3 is 1. The van der Waals surface area contributed by atoms with E-state index in [-0.39, 0.29) is 5.97 Å². The topological polar surface area (TPSA) is 26.3 Å². The van der Waals surface area contributed by atoms with E-state index in [0.717, 1.165) is 5.57 Å². The molecule has 0 bridgehead atoms. The summed E-state index contributed by atoms with van der Waals surface area (Å²) in [4.78, 5) is 11.3. The molecule has 0 N–H and O–H groups in total. The smallest absolute Gasteiger partial charge is 0.334 e. The van der Waals surface area contributed by atoms with Crippen molar-refractivity contribution in [2.75, 3.05) is 7.11 Å². The number of esters is 1. The van der Waals surface area contributed by atoms with Crippen LogP contribution in [0.25, 0.3) is 0 Å². The molecule has 0 aromatic rings. The van der Waals surface area contributed by atoms with Gasteiger partial charge in [-0.1, -0.05) is 43.0 Å². The van der Waals surface area contributed by atoms with Gasteiger partial charge in [0.1, 0.15) is 0 Å². The van der Waals surface area contributed by atoms with Gasteiger partial charge in [-0.15, -0.1) is 0 Å². The van der Waals surface area contributed by atoms with Crippen LogP contribution in [0.2, 0.25) is 0 Å². The average Bonchev–Trinajstić information content (AvgIpc) is 2.22. The van der Waals surface area contributed by atoms with Gasteiger partial charge in [-0.25, -0.2) is 4.79 Å². The SMILES string of the molecule is C=CC(=C)C/C(=C/C=C/C)C(=O)OC. The summed E-state index contributed by atoms with van der Waals surface area (Å²) in [6, 6.07) is 0. The minimum atomic E-state index is -0.328. The van der Waals surface area contributed by atoms with Gasteiger partial charge in [0.15, 0.2) is 0 Å². The maximum atomic E-state index is 11.3. The summed E-state index contributed by atoms with van der Waals surface area (Å²) in [6.07, 6.45) is 7.47. The van der Waals surface area contributed by atoms with E-state index in [9.17, 15) is 4.79 Å². The Bertz CT molecular complexity index is 283. The predicted molar refractivity (Wildman–Crippen MR) is 58.9 cm³/mol. The fraction of sp³-hybridized carbons (Fsp3) is 0.250. The molecule has 76 valence electrons. The summed E-state index contributed by atoms with van der Waals surface area (Å²) in [7, 11) is 1.36. The number of carbonyl (C=O) groups excluding carboxylic acids is 1. The first-order chi connectivity index (χ1) is 6.65. The highest BCUT2D eigenvalue weighted by Crippen LogP contribution is 2.11. The maximum Gasteiger partial charge on any atom is 0.334 e. The monoisotopic (exact) mass is 192 g/mol. The molecule has 2 heteroatoms. The molecule has 0 fully saturated rings. The third kappa shape index (κ3) is 4.45. The summed E-state index contributed by atoms with van der Waals surface area (Å²) in [5, 5.41) is 0. The first-order valence-electron chi connectivity index (χ1n) is 4.36. The summed E-state index contributed by atoms with van der Waals surface area (Å²) < 4.78 is 4.64. The third-order valence-corrected chi connectivity index (χ3v) is 1.64. The van der Waals surface area contributed by atoms with Crippen LogP contribution < -0.4 is 0 Å². The lowest BCUT2D eigenvalue weighted by atomic mass is 10.1. The van der Waals surface area contributed by atoms with Crippen LogP contribution in [-0.2, 0) is 9.53 Å². The minimum absolute atomic E-state index is 0.328. The van der Waals surface area contributed by atoms with Crippen LogP contribution >= 0.6 is 0 Å². The molecular formula is C12H16O2. The molecule has 0 atom stereocenters. The van der Waals surface area contributed by atoms with Gasteiger partial charge < -0.3 is 4.74 Å². The van der Waals surface area contributed by atoms with Crippen LogP contribution in [0.5, 0.6) is 0 Å². The van der Waals surface area contributed by atoms with Gasteiger partial charge in [0.05, 0.1) is 7.11 Å². The van der Waals surface area contributed by atoms with Gasteiger partial charge in [-0.2, -0.15) is 0 Å². The van der Waals surface area contributed by atoms with Gasteiger partial charge in [0, 0.05) is 12.0 Å². The van der Waals surface area contributed by atoms with E-state index in [1.165, 1.54) is 7.11 Å². The van der Waals surface area contributed by atoms with E-state index in [1.54, 1.807) is 18.2 Å². The molecule has 2 nitrogen and oxygen atoms in total. The van der Waals surface area contributed by atoms with Crippen LogP contribution in [0.15, 0.2) is 48.6 Å². The number of hydrogen-bond donors (Lipinski definition) is 0. The van der Waals surface area contributed by atoms with E-state index in [1.807, 2.05) is 13.0 Å². The number of hydrogen-bond acceptors (Lipinski definition) is 2. The first kappa shape index (κ1) is 12.4. The van der Waals surface area contributed by atoms with Crippen LogP contribution in [0.4, 0.5) is 0 Å². The first-order valence-corrected chi connectivity index (χ1v) is 4.36. The van der Waals surface area contributed by atoms with Gasteiger partial charge in [0.25, 0.3) is 0 Å². The quantitative estimate of drug-likeness (QED) is 0.380. The molecule has 14 heavy (non-hydrogen) atoms. The lowest BCUT2D eigenvalue weighted by molar-refractivity contribution is -0.136. The van der Waals surface area contributed by atoms with Crippen molar-refractivity contribution in [3.63, 3.8) is 0 Å². The summed E-state index contributed by atoms with van der Waals surface area (Å²) in [6.45, 7) is 9.21. The Hall–Kier alpha value is -1.57. The van der Waals surface area contributed by atoms with E-state index >= 15 is 0 Å². The van der Waals surface area contributed by atoms with Crippen LogP contribution in [0.3, 0.4) is 0 Å². The van der Waals surface area contributed by atoms with Crippen molar-refractivity contribution in [2.45, 2.75) is 13.3 Å². The Morgan fingerprint density at radius 3 is 2.57 bits per heavy atom. The Morgan fingerprint density at radius 2 is 2.14 bits per heavy atom. The Kier molecular flexibility index (Phi) is 6.12. The average molecular weight is 192 g/mol. The molecule has 0 aromatic carbocycles. The largest absolute Gasteiger partial charge is 0.466 e. The maximum absolute atomic E-state index is 11.3. The second-order valence-electron chi connectivity index (χ2n) is 2.75. The van der Waals surface area contributed by atoms with E-state index in [4.69, 9.17) is 0 Å². The van der Waals surface area contributed by atoms with Crippen molar-refractivity contribution >= 4 is 5.97 Å². The lowest BCUT2D eigenvalue weighted by Crippen LogP contribution is -2.04. The normalized spacial score (nSPS) is 11.4. The number of allylic oxidation sites excluding steroid dienone is 5. The van der Waals surface area contributed by atoms with Crippen molar-refractivity contribution in [2.24, 2.45) is 0 Å². The highest BCUT2D eigenvalue weighted by atomic mass is 16.5. The summed E-state index contributed by atoms with van der Waals surface area (Å²) in [5.74, 6) is -0.328. The zero-order valence-corrected chi connectivity index (χ0v) is 8.75. The van der Waals surface area contributed by atoms with E-state index in [0.29, 0.717) is 12.0 Å². The van der Waals surface area contributed by atoms with Crippen molar-refractivity contribution < 1.29 is 9.53 Å². The molecule has 0 heterocycles. The molecule has 0 saturated carbocycles. The Labute approximate surface area is 85.3 Å². The molecule has 0 aliphatic rings. The molecule has 0 radical (unpaired) electrons. The minimum Gasteiger partial charge on any atom is -0.466 e. The zero-order valence-electron chi connectivity index (χ0n) is 8.75. The number of carbonyl (C=O) groups is 1. The zero-order chi connectivity index (χ0) is 11.0. The van der Waals surface area contributed by atoms with Gasteiger partial charge in [-0.3, -0.25) is 0 Å². The lowest BCUT2D eigenvalue weighted by Gasteiger charge is -2.03. The highest BCUT2D eigenvalue weighted by molar-refractivity contribution is 5.89. The Balaban J connectivity index is 4.64. The fourth-order valence-electron chi connectivity index (χ4n) is 0.859. The second kappa shape index (κ2) is 6.89. The molecule has 0 aliphatic heterocycles. The molecule has 0 aromatic heterocycles. The van der Waals surface area contributed by atoms with E-state index < -0.39 is 0 Å². The van der Waals surface area contributed by atoms with E-state index in [2.05, 4.69) is 17.9 Å². The molecule has 0 aliphatic carbocycles. The molecule has 0 rings (SSSR count). The molecule has 0 amide bonds. The molecule has 0 unspecified atom stereocenters. The van der Waals surface area contributed by atoms with Crippen LogP contribution in [0.1, 0.15) is 13.3 Å². The predicted octanol–water partition coefficient (Wildman–Crippen LogP) is 2.79. The standard InChI is InChI=1S/C12H16O2/c1-5-7-8-11(12(13)14-4)9-10(3)6-2/h5-8H,2-3,9H2,1,4H3/b7-5+,11-8-. The fourth-order valence-corrected chi connectivity index (χ4v) is 0.859. The number of rotatable bonds is 5. The van der Waals surface area contributed by atoms with Crippen molar-refractivity contribution in [3.05, 3.63) is 48.6 Å². The van der Waals surface area contributed by atoms with Gasteiger partial charge >= 0.3 is 5.97 Å². The molecule has 0 spiro atoms. The number of ether oxygens (including phenoxy) is 1. The third-order valence-electron chi connectivity index (χ3n) is 1.64. The molecule has 0 saturated heterocycles. The van der Waals surface area contributed by atoms with Crippen molar-refractivity contribution in [3.8, 4) is 0 Å². The molecular weight excluding hydrogens is 176 g/mol. The van der Waals surface area contributed by atoms with Crippen molar-refractivity contribution in [1.29, 1.82) is 0 Å². The van der Waals surface area contributed by atoms with Gasteiger partial charge in [0.2, 0.25) is 0 Å². The van der Waals surface area contributed by atoms with Gasteiger partial charge in [-0.05, 0) is 6.92 Å². The Morgan fingerprint density at radius 1 is 1.50 bits per heavy atom. The summed E-state index contributed by atoms with van der Waals surface area (Å²) >= 11 is 0. The highest BCUT2D eigenvalue weighted by Gasteiger charge is 2.08. The summed E-state index contributed by atoms with van der Waals surface area (Å²) in [5.41, 5.74) is 1.38. The van der Waals surface area contributed by atoms with Crippen LogP contribution in [-0.4, -0.2) is 13.1 Å². The van der Waals surface area contributed by atoms with Crippen molar-refractivity contribution in [1.82, 2.24) is 0 Å². The second-order valence-corrected chi connectivity index (χ2v) is 2.75.